The van der Waals surface area contributed by atoms with Gasteiger partial charge in [0.2, 0.25) is 12.6 Å². The van der Waals surface area contributed by atoms with Crippen molar-refractivity contribution in [3.8, 4) is 0 Å². The van der Waals surface area contributed by atoms with Crippen molar-refractivity contribution in [2.24, 2.45) is 0 Å². The molecule has 0 amide bonds. The first kappa shape index (κ1) is 32.5. The van der Waals surface area contributed by atoms with E-state index in [1.807, 2.05) is 60.7 Å². The Labute approximate surface area is 237 Å². The van der Waals surface area contributed by atoms with Gasteiger partial charge in [-0.25, -0.2) is 0 Å². The quantitative estimate of drug-likeness (QED) is 0.114. The average Bonchev–Trinajstić information content (AvgIpc) is 2.90. The van der Waals surface area contributed by atoms with E-state index in [-0.39, 0.29) is 24.8 Å². The lowest BCUT2D eigenvalue weighted by Gasteiger charge is -2.14. The Morgan fingerprint density at radius 1 is 0.475 bits per heavy atom. The maximum absolute atomic E-state index is 12.0. The Bertz CT molecular complexity index is 938. The van der Waals surface area contributed by atoms with Gasteiger partial charge in [-0.15, -0.1) is 0 Å². The summed E-state index contributed by atoms with van der Waals surface area (Å²) in [6.45, 7) is 3.09. The first-order chi connectivity index (χ1) is 19.3. The van der Waals surface area contributed by atoms with E-state index in [0.29, 0.717) is 12.8 Å². The summed E-state index contributed by atoms with van der Waals surface area (Å²) in [6.07, 6.45) is 6.50. The summed E-state index contributed by atoms with van der Waals surface area (Å²) >= 11 is 0. The zero-order valence-corrected chi connectivity index (χ0v) is 23.7. The maximum atomic E-state index is 12.0. The fourth-order valence-corrected chi connectivity index (χ4v) is 4.11. The highest BCUT2D eigenvalue weighted by molar-refractivity contribution is 5.74. The lowest BCUT2D eigenvalue weighted by atomic mass is 10.1. The fraction of sp³-hybridized carbons (Fsp3) is 0.500. The minimum absolute atomic E-state index is 0.138. The summed E-state index contributed by atoms with van der Waals surface area (Å²) in [5.41, 5.74) is 1.69. The molecule has 2 aromatic carbocycles. The number of hydrogen-bond donors (Lipinski definition) is 0. The summed E-state index contributed by atoms with van der Waals surface area (Å²) in [4.78, 5) is 47.8. The van der Waals surface area contributed by atoms with Crippen LogP contribution in [0.3, 0.4) is 0 Å². The number of hydrogen-bond acceptors (Lipinski definition) is 8. The molecule has 8 heteroatoms. The van der Waals surface area contributed by atoms with E-state index in [1.165, 1.54) is 0 Å². The van der Waals surface area contributed by atoms with Crippen LogP contribution in [0.2, 0.25) is 0 Å². The molecule has 2 unspecified atom stereocenters. The molecule has 2 aromatic rings. The van der Waals surface area contributed by atoms with Crippen molar-refractivity contribution in [1.82, 2.24) is 0 Å². The number of carbonyl (C=O) groups excluding carboxylic acids is 4. The van der Waals surface area contributed by atoms with Crippen molar-refractivity contribution < 1.29 is 38.1 Å². The van der Waals surface area contributed by atoms with Crippen LogP contribution in [0.25, 0.3) is 0 Å². The lowest BCUT2D eigenvalue weighted by Crippen LogP contribution is -2.22. The molecule has 40 heavy (non-hydrogen) atoms. The predicted molar refractivity (Wildman–Crippen MR) is 150 cm³/mol. The van der Waals surface area contributed by atoms with Crippen LogP contribution in [-0.2, 0) is 51.0 Å². The van der Waals surface area contributed by atoms with Gasteiger partial charge in [-0.05, 0) is 24.0 Å². The van der Waals surface area contributed by atoms with E-state index >= 15 is 0 Å². The van der Waals surface area contributed by atoms with Gasteiger partial charge < -0.3 is 18.9 Å². The Balaban J connectivity index is 1.39. The molecule has 0 N–H and O–H groups in total. The van der Waals surface area contributed by atoms with Gasteiger partial charge in [0.05, 0.1) is 12.8 Å². The SMILES string of the molecule is CC(OC(=O)CCCCCCCCCCC(=O)OC(C)OC(=O)Cc1ccccc1)OC(=O)Cc1ccccc1. The Morgan fingerprint density at radius 2 is 0.775 bits per heavy atom. The summed E-state index contributed by atoms with van der Waals surface area (Å²) in [5.74, 6) is -1.60. The van der Waals surface area contributed by atoms with Gasteiger partial charge in [0, 0.05) is 26.7 Å². The van der Waals surface area contributed by atoms with E-state index in [2.05, 4.69) is 0 Å². The molecular weight excluding hydrogens is 512 g/mol. The zero-order valence-electron chi connectivity index (χ0n) is 23.7. The second kappa shape index (κ2) is 19.4. The first-order valence-corrected chi connectivity index (χ1v) is 14.2. The minimum atomic E-state index is -0.904. The van der Waals surface area contributed by atoms with Crippen molar-refractivity contribution >= 4 is 23.9 Å². The Morgan fingerprint density at radius 3 is 1.12 bits per heavy atom. The van der Waals surface area contributed by atoms with Gasteiger partial charge in [0.25, 0.3) is 0 Å². The van der Waals surface area contributed by atoms with Crippen molar-refractivity contribution in [2.45, 2.75) is 103 Å². The molecule has 2 atom stereocenters. The molecule has 0 saturated carbocycles. The standard InChI is InChI=1S/C32H42O8/c1-25(39-31(35)23-27-17-11-9-12-18-27)37-29(33)21-15-7-5-3-4-6-8-16-22-30(34)38-26(2)40-32(36)24-28-19-13-10-14-20-28/h9-14,17-20,25-26H,3-8,15-16,21-24H2,1-2H3. The van der Waals surface area contributed by atoms with Gasteiger partial charge in [0.15, 0.2) is 0 Å². The van der Waals surface area contributed by atoms with Crippen LogP contribution < -0.4 is 0 Å². The van der Waals surface area contributed by atoms with Crippen molar-refractivity contribution in [2.75, 3.05) is 0 Å². The largest absolute Gasteiger partial charge is 0.425 e. The summed E-state index contributed by atoms with van der Waals surface area (Å²) in [6, 6.07) is 18.5. The highest BCUT2D eigenvalue weighted by Crippen LogP contribution is 2.13. The van der Waals surface area contributed by atoms with E-state index in [9.17, 15) is 19.2 Å². The van der Waals surface area contributed by atoms with Gasteiger partial charge in [-0.2, -0.15) is 0 Å². The van der Waals surface area contributed by atoms with Gasteiger partial charge in [0.1, 0.15) is 0 Å². The van der Waals surface area contributed by atoms with Crippen LogP contribution in [0, 0.1) is 0 Å². The third-order valence-corrected chi connectivity index (χ3v) is 6.08. The van der Waals surface area contributed by atoms with Crippen molar-refractivity contribution in [1.29, 1.82) is 0 Å². The van der Waals surface area contributed by atoms with Crippen LogP contribution in [0.4, 0.5) is 0 Å². The molecule has 0 saturated heterocycles. The van der Waals surface area contributed by atoms with Crippen LogP contribution in [0.5, 0.6) is 0 Å². The molecule has 0 aliphatic heterocycles. The number of esters is 4. The summed E-state index contributed by atoms with van der Waals surface area (Å²) < 4.78 is 20.7. The number of unbranched alkanes of at least 4 members (excludes halogenated alkanes) is 7. The van der Waals surface area contributed by atoms with Crippen LogP contribution in [-0.4, -0.2) is 36.5 Å². The second-order valence-corrected chi connectivity index (χ2v) is 9.75. The number of benzene rings is 2. The molecule has 0 heterocycles. The molecule has 0 spiro atoms. The number of rotatable bonds is 19. The average molecular weight is 555 g/mol. The second-order valence-electron chi connectivity index (χ2n) is 9.75. The van der Waals surface area contributed by atoms with Crippen LogP contribution >= 0.6 is 0 Å². The van der Waals surface area contributed by atoms with E-state index in [1.54, 1.807) is 13.8 Å². The monoisotopic (exact) mass is 554 g/mol. The molecule has 2 rings (SSSR count). The topological polar surface area (TPSA) is 105 Å². The molecule has 0 bridgehead atoms. The molecule has 0 aromatic heterocycles. The number of ether oxygens (including phenoxy) is 4. The summed E-state index contributed by atoms with van der Waals surface area (Å²) in [7, 11) is 0. The normalized spacial score (nSPS) is 12.2. The van der Waals surface area contributed by atoms with E-state index in [0.717, 1.165) is 62.5 Å². The summed E-state index contributed by atoms with van der Waals surface area (Å²) in [5, 5.41) is 0. The molecule has 0 fully saturated rings. The third kappa shape index (κ3) is 15.7. The fourth-order valence-electron chi connectivity index (χ4n) is 4.11. The predicted octanol–water partition coefficient (Wildman–Crippen LogP) is 6.24. The Kier molecular flexibility index (Phi) is 15.8. The van der Waals surface area contributed by atoms with Crippen molar-refractivity contribution in [3.05, 3.63) is 71.8 Å². The smallest absolute Gasteiger partial charge is 0.313 e. The van der Waals surface area contributed by atoms with Crippen LogP contribution in [0.15, 0.2) is 60.7 Å². The molecular formula is C32H42O8. The van der Waals surface area contributed by atoms with Crippen LogP contribution in [0.1, 0.15) is 89.2 Å². The maximum Gasteiger partial charge on any atom is 0.313 e. The lowest BCUT2D eigenvalue weighted by molar-refractivity contribution is -0.186. The van der Waals surface area contributed by atoms with Gasteiger partial charge in [-0.1, -0.05) is 99.2 Å². The minimum Gasteiger partial charge on any atom is -0.425 e. The zero-order chi connectivity index (χ0) is 29.0. The highest BCUT2D eigenvalue weighted by atomic mass is 16.7. The molecule has 0 aliphatic rings. The molecule has 0 radical (unpaired) electrons. The van der Waals surface area contributed by atoms with Crippen molar-refractivity contribution in [3.63, 3.8) is 0 Å². The third-order valence-electron chi connectivity index (χ3n) is 6.08. The molecule has 8 nitrogen and oxygen atoms in total. The first-order valence-electron chi connectivity index (χ1n) is 14.2. The molecule has 218 valence electrons. The van der Waals surface area contributed by atoms with E-state index < -0.39 is 24.5 Å². The molecule has 0 aliphatic carbocycles. The highest BCUT2D eigenvalue weighted by Gasteiger charge is 2.15. The van der Waals surface area contributed by atoms with E-state index in [4.69, 9.17) is 18.9 Å². The van der Waals surface area contributed by atoms with Gasteiger partial charge in [-0.3, -0.25) is 19.2 Å². The Hall–Kier alpha value is -3.68. The number of carbonyl (C=O) groups is 4. The van der Waals surface area contributed by atoms with Gasteiger partial charge >= 0.3 is 23.9 Å².